The van der Waals surface area contributed by atoms with Gasteiger partial charge in [-0.1, -0.05) is 55.8 Å². The van der Waals surface area contributed by atoms with Gasteiger partial charge in [0, 0.05) is 24.2 Å². The van der Waals surface area contributed by atoms with Crippen LogP contribution in [-0.4, -0.2) is 20.9 Å². The lowest BCUT2D eigenvalue weighted by molar-refractivity contribution is 0.0697. The first-order valence-corrected chi connectivity index (χ1v) is 10.7. The maximum atomic E-state index is 11.5. The Kier molecular flexibility index (Phi) is 5.79. The summed E-state index contributed by atoms with van der Waals surface area (Å²) < 4.78 is 2.24. The van der Waals surface area contributed by atoms with Gasteiger partial charge in [-0.2, -0.15) is 5.10 Å². The van der Waals surface area contributed by atoms with Gasteiger partial charge in [0.2, 0.25) is 0 Å². The van der Waals surface area contributed by atoms with Crippen LogP contribution in [0.2, 0.25) is 0 Å². The van der Waals surface area contributed by atoms with E-state index in [9.17, 15) is 9.90 Å². The van der Waals surface area contributed by atoms with Gasteiger partial charge in [-0.3, -0.25) is 4.68 Å². The van der Waals surface area contributed by atoms with E-state index >= 15 is 0 Å². The third kappa shape index (κ3) is 4.12. The molecule has 1 aromatic heterocycles. The van der Waals surface area contributed by atoms with Gasteiger partial charge in [0.25, 0.3) is 0 Å². The van der Waals surface area contributed by atoms with E-state index in [1.165, 1.54) is 48.2 Å². The van der Waals surface area contributed by atoms with Crippen LogP contribution >= 0.6 is 0 Å². The quantitative estimate of drug-likeness (QED) is 0.580. The Hall–Kier alpha value is -2.88. The molecule has 4 rings (SSSR count). The summed E-state index contributed by atoms with van der Waals surface area (Å²) in [5.74, 6) is -0.892. The average molecular weight is 389 g/mol. The zero-order valence-corrected chi connectivity index (χ0v) is 17.0. The second kappa shape index (κ2) is 8.64. The van der Waals surface area contributed by atoms with Gasteiger partial charge in [0.1, 0.15) is 0 Å². The van der Waals surface area contributed by atoms with Crippen molar-refractivity contribution in [2.45, 2.75) is 58.4 Å². The van der Waals surface area contributed by atoms with Crippen LogP contribution in [-0.2, 0) is 25.8 Å². The van der Waals surface area contributed by atoms with Gasteiger partial charge in [0.05, 0.1) is 11.3 Å². The Balaban J connectivity index is 1.61. The zero-order valence-electron chi connectivity index (χ0n) is 17.0. The van der Waals surface area contributed by atoms with Crippen LogP contribution in [0.5, 0.6) is 0 Å². The van der Waals surface area contributed by atoms with Gasteiger partial charge < -0.3 is 5.11 Å². The van der Waals surface area contributed by atoms with Crippen molar-refractivity contribution in [1.82, 2.24) is 9.78 Å². The van der Waals surface area contributed by atoms with E-state index in [1.807, 2.05) is 24.3 Å². The smallest absolute Gasteiger partial charge is 0.336 e. The molecule has 4 heteroatoms. The molecule has 0 fully saturated rings. The molecule has 1 N–H and O–H groups in total. The molecule has 0 atom stereocenters. The molecule has 1 aliphatic heterocycles. The van der Waals surface area contributed by atoms with Crippen LogP contribution in [0, 0.1) is 0 Å². The molecule has 3 aromatic rings. The molecule has 0 saturated carbocycles. The van der Waals surface area contributed by atoms with E-state index < -0.39 is 5.97 Å². The second-order valence-corrected chi connectivity index (χ2v) is 7.88. The molecule has 0 saturated heterocycles. The van der Waals surface area contributed by atoms with Crippen molar-refractivity contribution in [2.75, 3.05) is 0 Å². The number of hydrogen-bond donors (Lipinski definition) is 1. The first-order valence-electron chi connectivity index (χ1n) is 10.7. The van der Waals surface area contributed by atoms with E-state index in [0.29, 0.717) is 5.56 Å². The first kappa shape index (κ1) is 19.4. The molecule has 2 heterocycles. The Labute approximate surface area is 172 Å². The van der Waals surface area contributed by atoms with Crippen LogP contribution in [0.25, 0.3) is 11.1 Å². The highest BCUT2D eigenvalue weighted by Gasteiger charge is 2.20. The number of aromatic nitrogens is 2. The number of hydrogen-bond acceptors (Lipinski definition) is 2. The molecule has 1 aliphatic rings. The normalized spacial score (nSPS) is 13.3. The van der Waals surface area contributed by atoms with Crippen molar-refractivity contribution < 1.29 is 9.90 Å². The Morgan fingerprint density at radius 2 is 1.90 bits per heavy atom. The lowest BCUT2D eigenvalue weighted by Crippen LogP contribution is -2.12. The minimum atomic E-state index is -0.892. The molecule has 4 nitrogen and oxygen atoms in total. The number of aryl methyl sites for hydroxylation is 2. The molecule has 0 radical (unpaired) electrons. The van der Waals surface area contributed by atoms with Crippen LogP contribution in [0.3, 0.4) is 0 Å². The highest BCUT2D eigenvalue weighted by Crippen LogP contribution is 2.28. The number of nitrogens with zero attached hydrogens (tertiary/aromatic N) is 2. The van der Waals surface area contributed by atoms with E-state index in [2.05, 4.69) is 23.7 Å². The third-order valence-electron chi connectivity index (χ3n) is 5.85. The first-order chi connectivity index (χ1) is 14.2. The van der Waals surface area contributed by atoms with E-state index in [-0.39, 0.29) is 0 Å². The lowest BCUT2D eigenvalue weighted by Gasteiger charge is -2.15. The summed E-state index contributed by atoms with van der Waals surface area (Å²) in [4.78, 5) is 11.5. The van der Waals surface area contributed by atoms with Gasteiger partial charge in [-0.05, 0) is 54.9 Å². The van der Waals surface area contributed by atoms with Gasteiger partial charge in [-0.25, -0.2) is 4.79 Å². The summed E-state index contributed by atoms with van der Waals surface area (Å²) in [5.41, 5.74) is 7.39. The predicted molar refractivity (Wildman–Crippen MR) is 115 cm³/mol. The molecular weight excluding hydrogens is 360 g/mol. The standard InChI is InChI=1S/C25H28N2O2/c1-2-3-10-23-22(24-11-6-7-16-27(24)26-23)17-18-12-14-19(15-13-18)20-8-4-5-9-21(20)25(28)29/h4-5,8-9,12-15H,2-3,6-7,10-11,16-17H2,1H3,(H,28,29). The number of aromatic carboxylic acids is 1. The topological polar surface area (TPSA) is 55.1 Å². The lowest BCUT2D eigenvalue weighted by atomic mass is 9.94. The molecule has 0 unspecified atom stereocenters. The number of rotatable bonds is 7. The Morgan fingerprint density at radius 3 is 2.66 bits per heavy atom. The summed E-state index contributed by atoms with van der Waals surface area (Å²) in [6, 6.07) is 15.5. The summed E-state index contributed by atoms with van der Waals surface area (Å²) in [7, 11) is 0. The molecule has 0 bridgehead atoms. The molecule has 2 aromatic carbocycles. The number of carboxylic acids is 1. The number of benzene rings is 2. The largest absolute Gasteiger partial charge is 0.478 e. The monoisotopic (exact) mass is 388 g/mol. The zero-order chi connectivity index (χ0) is 20.2. The number of unbranched alkanes of at least 4 members (excludes halogenated alkanes) is 1. The fourth-order valence-corrected chi connectivity index (χ4v) is 4.28. The van der Waals surface area contributed by atoms with Crippen LogP contribution < -0.4 is 0 Å². The van der Waals surface area contributed by atoms with Crippen molar-refractivity contribution in [2.24, 2.45) is 0 Å². The number of carbonyl (C=O) groups is 1. The van der Waals surface area contributed by atoms with Crippen molar-refractivity contribution in [3.63, 3.8) is 0 Å². The maximum Gasteiger partial charge on any atom is 0.336 e. The number of fused-ring (bicyclic) bond motifs is 1. The summed E-state index contributed by atoms with van der Waals surface area (Å²) in [6.45, 7) is 3.27. The Morgan fingerprint density at radius 1 is 1.10 bits per heavy atom. The maximum absolute atomic E-state index is 11.5. The minimum absolute atomic E-state index is 0.341. The van der Waals surface area contributed by atoms with Crippen LogP contribution in [0.1, 0.15) is 65.5 Å². The molecule has 150 valence electrons. The fraction of sp³-hybridized carbons (Fsp3) is 0.360. The molecule has 0 spiro atoms. The third-order valence-corrected chi connectivity index (χ3v) is 5.85. The van der Waals surface area contributed by atoms with Gasteiger partial charge in [0.15, 0.2) is 0 Å². The summed E-state index contributed by atoms with van der Waals surface area (Å²) in [6.07, 6.45) is 7.90. The number of carboxylic acid groups (broad SMARTS) is 1. The molecule has 0 amide bonds. The van der Waals surface area contributed by atoms with Crippen LogP contribution in [0.15, 0.2) is 48.5 Å². The van der Waals surface area contributed by atoms with Gasteiger partial charge in [-0.15, -0.1) is 0 Å². The summed E-state index contributed by atoms with van der Waals surface area (Å²) in [5, 5.41) is 14.4. The molecule has 0 aliphatic carbocycles. The van der Waals surface area contributed by atoms with E-state index in [1.54, 1.807) is 12.1 Å². The fourth-order valence-electron chi connectivity index (χ4n) is 4.28. The van der Waals surface area contributed by atoms with Crippen molar-refractivity contribution in [1.29, 1.82) is 0 Å². The Bertz CT molecular complexity index is 1000. The molecule has 29 heavy (non-hydrogen) atoms. The highest BCUT2D eigenvalue weighted by atomic mass is 16.4. The SMILES string of the molecule is CCCCc1nn2c(c1Cc1ccc(-c3ccccc3C(=O)O)cc1)CCCC2. The van der Waals surface area contributed by atoms with Crippen molar-refractivity contribution in [3.8, 4) is 11.1 Å². The summed E-state index contributed by atoms with van der Waals surface area (Å²) >= 11 is 0. The average Bonchev–Trinajstić information content (AvgIpc) is 3.10. The van der Waals surface area contributed by atoms with E-state index in [0.717, 1.165) is 36.9 Å². The highest BCUT2D eigenvalue weighted by molar-refractivity contribution is 5.95. The molecular formula is C25H28N2O2. The van der Waals surface area contributed by atoms with Crippen molar-refractivity contribution >= 4 is 5.97 Å². The second-order valence-electron chi connectivity index (χ2n) is 7.88. The van der Waals surface area contributed by atoms with Crippen LogP contribution in [0.4, 0.5) is 0 Å². The predicted octanol–water partition coefficient (Wildman–Crippen LogP) is 5.52. The van der Waals surface area contributed by atoms with Crippen molar-refractivity contribution in [3.05, 3.63) is 76.6 Å². The van der Waals surface area contributed by atoms with E-state index in [4.69, 9.17) is 5.10 Å². The minimum Gasteiger partial charge on any atom is -0.478 e. The van der Waals surface area contributed by atoms with Gasteiger partial charge >= 0.3 is 5.97 Å².